The molecule has 0 saturated heterocycles. The van der Waals surface area contributed by atoms with E-state index in [4.69, 9.17) is 0 Å². The van der Waals surface area contributed by atoms with Crippen LogP contribution in [0.3, 0.4) is 0 Å². The minimum atomic E-state index is -3.44. The van der Waals surface area contributed by atoms with E-state index in [9.17, 15) is 18.6 Å². The van der Waals surface area contributed by atoms with Gasteiger partial charge in [0.15, 0.2) is 0 Å². The molecule has 0 saturated carbocycles. The van der Waals surface area contributed by atoms with E-state index in [1.165, 1.54) is 31.4 Å². The first-order chi connectivity index (χ1) is 11.2. The van der Waals surface area contributed by atoms with Crippen LogP contribution in [-0.4, -0.2) is 30.9 Å². The van der Waals surface area contributed by atoms with Crippen LogP contribution in [0.2, 0.25) is 0 Å². The molecular formula is C18H31NO4S. The zero-order chi connectivity index (χ0) is 18.2. The molecule has 1 rings (SSSR count). The number of unbranched alkanes of at least 4 members (excludes halogenated alkanes) is 5. The lowest BCUT2D eigenvalue weighted by atomic mass is 9.86. The molecule has 0 fully saturated rings. The van der Waals surface area contributed by atoms with Crippen molar-refractivity contribution in [2.45, 2.75) is 64.7 Å². The molecule has 0 atom stereocenters. The fourth-order valence-corrected chi connectivity index (χ4v) is 4.49. The molecule has 1 aromatic carbocycles. The highest BCUT2D eigenvalue weighted by Crippen LogP contribution is 2.34. The number of phenolic OH excluding ortho intramolecular Hbond substituents is 2. The number of sulfonamides is 1. The Hall–Kier alpha value is -1.27. The van der Waals surface area contributed by atoms with Gasteiger partial charge in [0.1, 0.15) is 11.5 Å². The predicted octanol–water partition coefficient (Wildman–Crippen LogP) is 3.66. The van der Waals surface area contributed by atoms with Gasteiger partial charge in [-0.3, -0.25) is 0 Å². The van der Waals surface area contributed by atoms with E-state index in [-0.39, 0.29) is 17.3 Å². The van der Waals surface area contributed by atoms with Gasteiger partial charge in [-0.25, -0.2) is 13.1 Å². The molecule has 0 aromatic heterocycles. The first-order valence-electron chi connectivity index (χ1n) is 8.68. The van der Waals surface area contributed by atoms with Crippen LogP contribution in [0.5, 0.6) is 11.5 Å². The van der Waals surface area contributed by atoms with Gasteiger partial charge in [-0.15, -0.1) is 0 Å². The minimum Gasteiger partial charge on any atom is -0.508 e. The normalized spacial score (nSPS) is 12.5. The van der Waals surface area contributed by atoms with Crippen LogP contribution < -0.4 is 4.72 Å². The molecule has 0 aliphatic rings. The predicted molar refractivity (Wildman–Crippen MR) is 98.0 cm³/mol. The fraction of sp³-hybridized carbons (Fsp3) is 0.667. The van der Waals surface area contributed by atoms with Crippen LogP contribution in [0.15, 0.2) is 18.2 Å². The molecule has 6 heteroatoms. The Labute approximate surface area is 146 Å². The summed E-state index contributed by atoms with van der Waals surface area (Å²) in [5.74, 6) is -0.254. The van der Waals surface area contributed by atoms with Crippen LogP contribution in [0.1, 0.15) is 64.9 Å². The minimum absolute atomic E-state index is 0.0453. The number of phenols is 2. The summed E-state index contributed by atoms with van der Waals surface area (Å²) < 4.78 is 27.2. The standard InChI is InChI=1S/C18H31NO4S/c1-4-5-6-7-8-9-12-19-24(22,23)14-18(2,3)16-11-10-15(20)13-17(16)21/h10-11,13,19-21H,4-9,12,14H2,1-3H3. The maximum absolute atomic E-state index is 12.3. The summed E-state index contributed by atoms with van der Waals surface area (Å²) in [5, 5.41) is 19.3. The Bertz CT molecular complexity index is 611. The van der Waals surface area contributed by atoms with E-state index in [2.05, 4.69) is 11.6 Å². The van der Waals surface area contributed by atoms with Gasteiger partial charge in [0.05, 0.1) is 5.75 Å². The summed E-state index contributed by atoms with van der Waals surface area (Å²) in [6.07, 6.45) is 6.65. The van der Waals surface area contributed by atoms with Crippen LogP contribution in [0, 0.1) is 0 Å². The molecule has 3 N–H and O–H groups in total. The Kier molecular flexibility index (Phi) is 8.03. The Morgan fingerprint density at radius 3 is 2.29 bits per heavy atom. The van der Waals surface area contributed by atoms with Gasteiger partial charge in [-0.1, -0.05) is 58.9 Å². The number of benzene rings is 1. The third-order valence-corrected chi connectivity index (χ3v) is 5.86. The number of hydrogen-bond donors (Lipinski definition) is 3. The van der Waals surface area contributed by atoms with Crippen LogP contribution in [0.25, 0.3) is 0 Å². The highest BCUT2D eigenvalue weighted by molar-refractivity contribution is 7.89. The molecule has 24 heavy (non-hydrogen) atoms. The molecule has 0 aliphatic heterocycles. The Morgan fingerprint density at radius 1 is 1.04 bits per heavy atom. The molecule has 0 radical (unpaired) electrons. The summed E-state index contributed by atoms with van der Waals surface area (Å²) in [4.78, 5) is 0. The third kappa shape index (κ3) is 7.09. The second-order valence-electron chi connectivity index (χ2n) is 7.01. The summed E-state index contributed by atoms with van der Waals surface area (Å²) >= 11 is 0. The lowest BCUT2D eigenvalue weighted by Crippen LogP contribution is -2.36. The van der Waals surface area contributed by atoms with Gasteiger partial charge in [0.25, 0.3) is 0 Å². The highest BCUT2D eigenvalue weighted by Gasteiger charge is 2.30. The summed E-state index contributed by atoms with van der Waals surface area (Å²) in [5.41, 5.74) is -0.254. The van der Waals surface area contributed by atoms with Crippen molar-refractivity contribution in [2.24, 2.45) is 0 Å². The molecule has 1 aromatic rings. The molecule has 5 nitrogen and oxygen atoms in total. The van der Waals surface area contributed by atoms with Gasteiger partial charge in [0.2, 0.25) is 10.0 Å². The third-order valence-electron chi connectivity index (χ3n) is 4.11. The molecule has 0 unspecified atom stereocenters. The van der Waals surface area contributed by atoms with Crippen LogP contribution in [-0.2, 0) is 15.4 Å². The van der Waals surface area contributed by atoms with Gasteiger partial charge in [0, 0.05) is 23.6 Å². The van der Waals surface area contributed by atoms with Crippen LogP contribution in [0.4, 0.5) is 0 Å². The first kappa shape index (κ1) is 20.8. The first-order valence-corrected chi connectivity index (χ1v) is 10.3. The largest absolute Gasteiger partial charge is 0.508 e. The van der Waals surface area contributed by atoms with E-state index in [1.54, 1.807) is 19.9 Å². The van der Waals surface area contributed by atoms with Gasteiger partial charge in [-0.05, 0) is 12.5 Å². The second-order valence-corrected chi connectivity index (χ2v) is 8.81. The molecular weight excluding hydrogens is 326 g/mol. The summed E-state index contributed by atoms with van der Waals surface area (Å²) in [6, 6.07) is 4.24. The SMILES string of the molecule is CCCCCCCCNS(=O)(=O)CC(C)(C)c1ccc(O)cc1O. The number of rotatable bonds is 11. The maximum Gasteiger partial charge on any atom is 0.212 e. The Morgan fingerprint density at radius 2 is 1.67 bits per heavy atom. The van der Waals surface area contributed by atoms with Crippen molar-refractivity contribution in [1.82, 2.24) is 4.72 Å². The van der Waals surface area contributed by atoms with Crippen molar-refractivity contribution in [3.05, 3.63) is 23.8 Å². The zero-order valence-electron chi connectivity index (χ0n) is 15.0. The highest BCUT2D eigenvalue weighted by atomic mass is 32.2. The van der Waals surface area contributed by atoms with Crippen LogP contribution >= 0.6 is 0 Å². The van der Waals surface area contributed by atoms with Gasteiger partial charge in [-0.2, -0.15) is 0 Å². The van der Waals surface area contributed by atoms with E-state index >= 15 is 0 Å². The molecule has 0 bridgehead atoms. The summed E-state index contributed by atoms with van der Waals surface area (Å²) in [7, 11) is -3.44. The average molecular weight is 358 g/mol. The van der Waals surface area contributed by atoms with E-state index < -0.39 is 15.4 Å². The van der Waals surface area contributed by atoms with Crippen molar-refractivity contribution >= 4 is 10.0 Å². The lowest BCUT2D eigenvalue weighted by Gasteiger charge is -2.26. The molecule has 0 amide bonds. The number of aromatic hydroxyl groups is 2. The molecule has 0 heterocycles. The molecule has 138 valence electrons. The summed E-state index contributed by atoms with van der Waals surface area (Å²) in [6.45, 7) is 6.15. The smallest absolute Gasteiger partial charge is 0.212 e. The van der Waals surface area contributed by atoms with Gasteiger partial charge >= 0.3 is 0 Å². The number of hydrogen-bond acceptors (Lipinski definition) is 4. The van der Waals surface area contributed by atoms with Crippen molar-refractivity contribution in [2.75, 3.05) is 12.3 Å². The van der Waals surface area contributed by atoms with E-state index in [1.807, 2.05) is 0 Å². The molecule has 0 spiro atoms. The van der Waals surface area contributed by atoms with Crippen molar-refractivity contribution in [1.29, 1.82) is 0 Å². The quantitative estimate of drug-likeness (QED) is 0.528. The van der Waals surface area contributed by atoms with Crippen molar-refractivity contribution < 1.29 is 18.6 Å². The fourth-order valence-electron chi connectivity index (χ4n) is 2.83. The van der Waals surface area contributed by atoms with E-state index in [0.29, 0.717) is 12.1 Å². The monoisotopic (exact) mass is 357 g/mol. The van der Waals surface area contributed by atoms with E-state index in [0.717, 1.165) is 19.3 Å². The average Bonchev–Trinajstić information content (AvgIpc) is 2.44. The number of nitrogens with one attached hydrogen (secondary N) is 1. The lowest BCUT2D eigenvalue weighted by molar-refractivity contribution is 0.431. The zero-order valence-corrected chi connectivity index (χ0v) is 15.8. The Balaban J connectivity index is 2.53. The maximum atomic E-state index is 12.3. The topological polar surface area (TPSA) is 86.6 Å². The van der Waals surface area contributed by atoms with Gasteiger partial charge < -0.3 is 10.2 Å². The van der Waals surface area contributed by atoms with Crippen molar-refractivity contribution in [3.63, 3.8) is 0 Å². The van der Waals surface area contributed by atoms with Crippen molar-refractivity contribution in [3.8, 4) is 11.5 Å². The molecule has 0 aliphatic carbocycles. The second kappa shape index (κ2) is 9.28.